The van der Waals surface area contributed by atoms with Gasteiger partial charge in [-0.3, -0.25) is 4.72 Å². The van der Waals surface area contributed by atoms with E-state index in [1.807, 2.05) is 31.2 Å². The topological polar surface area (TPSA) is 128 Å². The van der Waals surface area contributed by atoms with Crippen LogP contribution in [0.4, 0.5) is 11.6 Å². The number of sulfonamides is 1. The average Bonchev–Trinajstić information content (AvgIpc) is 3.22. The molecule has 0 saturated carbocycles. The van der Waals surface area contributed by atoms with Gasteiger partial charge in [-0.15, -0.1) is 0 Å². The number of nitrogens with zero attached hydrogens (tertiary/aromatic N) is 3. The summed E-state index contributed by atoms with van der Waals surface area (Å²) in [6.07, 6.45) is 0. The molecule has 4 aromatic rings. The molecule has 2 heterocycles. The van der Waals surface area contributed by atoms with Crippen LogP contribution in [0.1, 0.15) is 35.2 Å². The maximum atomic E-state index is 13.4. The van der Waals surface area contributed by atoms with Crippen LogP contribution < -0.4 is 14.8 Å². The van der Waals surface area contributed by atoms with Crippen LogP contribution in [-0.4, -0.2) is 37.3 Å². The van der Waals surface area contributed by atoms with E-state index in [1.54, 1.807) is 52.1 Å². The first-order chi connectivity index (χ1) is 18.2. The van der Waals surface area contributed by atoms with Crippen molar-refractivity contribution in [3.63, 3.8) is 0 Å². The first-order valence-electron chi connectivity index (χ1n) is 12.1. The van der Waals surface area contributed by atoms with E-state index in [9.17, 15) is 8.42 Å². The Morgan fingerprint density at radius 3 is 2.50 bits per heavy atom. The Kier molecular flexibility index (Phi) is 8.28. The van der Waals surface area contributed by atoms with Gasteiger partial charge in [0.25, 0.3) is 10.0 Å². The Balaban J connectivity index is 1.67. The van der Waals surface area contributed by atoms with Gasteiger partial charge in [0.1, 0.15) is 17.4 Å². The molecule has 0 aliphatic rings. The summed E-state index contributed by atoms with van der Waals surface area (Å²) in [5, 5.41) is 7.15. The monoisotopic (exact) mass is 537 g/mol. The van der Waals surface area contributed by atoms with Crippen LogP contribution in [0, 0.1) is 20.8 Å². The van der Waals surface area contributed by atoms with E-state index in [1.165, 1.54) is 0 Å². The van der Waals surface area contributed by atoms with E-state index < -0.39 is 10.0 Å². The van der Waals surface area contributed by atoms with E-state index in [0.717, 1.165) is 16.7 Å². The molecule has 4 rings (SSSR count). The standard InChI is InChI=1S/C27H31N5O5S/c1-6-36-16-21-13-20(15-28-25-14-26(35-5)30-19(4)29-25)11-12-22(21)23-9-7-8-10-24(23)38(33,34)32-27-17(2)18(3)37-31-27/h7-14H,6,15-16H2,1-5H3,(H,31,32)(H,28,29,30). The summed E-state index contributed by atoms with van der Waals surface area (Å²) in [5.74, 6) is 2.45. The van der Waals surface area contributed by atoms with Crippen molar-refractivity contribution in [2.24, 2.45) is 0 Å². The van der Waals surface area contributed by atoms with Crippen molar-refractivity contribution in [3.05, 3.63) is 76.8 Å². The van der Waals surface area contributed by atoms with E-state index >= 15 is 0 Å². The highest BCUT2D eigenvalue weighted by Gasteiger charge is 2.23. The predicted octanol–water partition coefficient (Wildman–Crippen LogP) is 5.01. The lowest BCUT2D eigenvalue weighted by Gasteiger charge is -2.16. The lowest BCUT2D eigenvalue weighted by molar-refractivity contribution is 0.134. The van der Waals surface area contributed by atoms with Crippen molar-refractivity contribution in [1.29, 1.82) is 0 Å². The number of anilines is 2. The second kappa shape index (κ2) is 11.6. The Morgan fingerprint density at radius 2 is 1.79 bits per heavy atom. The number of ether oxygens (including phenoxy) is 2. The van der Waals surface area contributed by atoms with Crippen LogP contribution >= 0.6 is 0 Å². The minimum atomic E-state index is -3.96. The molecule has 2 N–H and O–H groups in total. The van der Waals surface area contributed by atoms with Gasteiger partial charge in [0.15, 0.2) is 5.82 Å². The lowest BCUT2D eigenvalue weighted by Crippen LogP contribution is -2.15. The Hall–Kier alpha value is -3.96. The molecule has 2 aromatic carbocycles. The molecular weight excluding hydrogens is 506 g/mol. The molecule has 2 aromatic heterocycles. The van der Waals surface area contributed by atoms with Gasteiger partial charge in [-0.1, -0.05) is 41.6 Å². The first-order valence-corrected chi connectivity index (χ1v) is 13.6. The molecule has 200 valence electrons. The highest BCUT2D eigenvalue weighted by molar-refractivity contribution is 7.92. The molecule has 0 fully saturated rings. The van der Waals surface area contributed by atoms with Crippen molar-refractivity contribution in [1.82, 2.24) is 15.1 Å². The fraction of sp³-hybridized carbons (Fsp3) is 0.296. The minimum Gasteiger partial charge on any atom is -0.481 e. The van der Waals surface area contributed by atoms with Gasteiger partial charge in [0.2, 0.25) is 5.88 Å². The number of nitrogens with one attached hydrogen (secondary N) is 2. The van der Waals surface area contributed by atoms with Gasteiger partial charge < -0.3 is 19.3 Å². The molecule has 10 nitrogen and oxygen atoms in total. The van der Waals surface area contributed by atoms with Crippen LogP contribution in [0.15, 0.2) is 57.9 Å². The second-order valence-corrected chi connectivity index (χ2v) is 10.3. The average molecular weight is 538 g/mol. The van der Waals surface area contributed by atoms with Crippen molar-refractivity contribution >= 4 is 21.7 Å². The normalized spacial score (nSPS) is 11.4. The Labute approximate surface area is 222 Å². The molecule has 0 aliphatic carbocycles. The van der Waals surface area contributed by atoms with E-state index in [4.69, 9.17) is 14.0 Å². The van der Waals surface area contributed by atoms with Gasteiger partial charge in [0.05, 0.1) is 18.6 Å². The number of methoxy groups -OCH3 is 1. The molecule has 0 radical (unpaired) electrons. The molecule has 0 atom stereocenters. The number of hydrogen-bond donors (Lipinski definition) is 2. The fourth-order valence-electron chi connectivity index (χ4n) is 3.90. The SMILES string of the molecule is CCOCc1cc(CNc2cc(OC)nc(C)n2)ccc1-c1ccccc1S(=O)(=O)Nc1noc(C)c1C. The summed E-state index contributed by atoms with van der Waals surface area (Å²) in [6.45, 7) is 8.53. The molecule has 0 saturated heterocycles. The summed E-state index contributed by atoms with van der Waals surface area (Å²) in [6, 6.07) is 14.5. The number of hydrogen-bond acceptors (Lipinski definition) is 9. The van der Waals surface area contributed by atoms with E-state index in [0.29, 0.717) is 54.2 Å². The molecule has 0 spiro atoms. The first kappa shape index (κ1) is 27.1. The highest BCUT2D eigenvalue weighted by Crippen LogP contribution is 2.33. The molecule has 0 unspecified atom stereocenters. The van der Waals surface area contributed by atoms with Gasteiger partial charge in [-0.05, 0) is 50.5 Å². The minimum absolute atomic E-state index is 0.132. The molecule has 11 heteroatoms. The van der Waals surface area contributed by atoms with Gasteiger partial charge >= 0.3 is 0 Å². The number of benzene rings is 2. The fourth-order valence-corrected chi connectivity index (χ4v) is 5.18. The van der Waals surface area contributed by atoms with Crippen LogP contribution in [0.3, 0.4) is 0 Å². The summed E-state index contributed by atoms with van der Waals surface area (Å²) in [5.41, 5.74) is 3.79. The summed E-state index contributed by atoms with van der Waals surface area (Å²) < 4.78 is 45.5. The van der Waals surface area contributed by atoms with Crippen LogP contribution in [0.25, 0.3) is 11.1 Å². The summed E-state index contributed by atoms with van der Waals surface area (Å²) in [4.78, 5) is 8.74. The zero-order chi connectivity index (χ0) is 27.3. The second-order valence-electron chi connectivity index (χ2n) is 8.64. The third-order valence-corrected chi connectivity index (χ3v) is 7.38. The van der Waals surface area contributed by atoms with Crippen molar-refractivity contribution in [2.45, 2.75) is 45.7 Å². The smallest absolute Gasteiger partial charge is 0.263 e. The molecule has 0 bridgehead atoms. The van der Waals surface area contributed by atoms with Crippen LogP contribution in [0.2, 0.25) is 0 Å². The van der Waals surface area contributed by atoms with Crippen molar-refractivity contribution in [2.75, 3.05) is 23.8 Å². The van der Waals surface area contributed by atoms with Gasteiger partial charge in [-0.2, -0.15) is 4.98 Å². The van der Waals surface area contributed by atoms with E-state index in [-0.39, 0.29) is 10.7 Å². The molecule has 0 amide bonds. The van der Waals surface area contributed by atoms with Gasteiger partial charge in [0, 0.05) is 30.3 Å². The maximum absolute atomic E-state index is 13.4. The van der Waals surface area contributed by atoms with Crippen molar-refractivity contribution in [3.8, 4) is 17.0 Å². The van der Waals surface area contributed by atoms with Crippen LogP contribution in [-0.2, 0) is 27.9 Å². The Morgan fingerprint density at radius 1 is 1.00 bits per heavy atom. The number of aromatic nitrogens is 3. The highest BCUT2D eigenvalue weighted by atomic mass is 32.2. The van der Waals surface area contributed by atoms with Gasteiger partial charge in [-0.25, -0.2) is 13.4 Å². The summed E-state index contributed by atoms with van der Waals surface area (Å²) >= 11 is 0. The molecule has 0 aliphatic heterocycles. The number of aryl methyl sites for hydroxylation is 2. The Bertz CT molecular complexity index is 1530. The van der Waals surface area contributed by atoms with Crippen molar-refractivity contribution < 1.29 is 22.4 Å². The lowest BCUT2D eigenvalue weighted by atomic mass is 9.97. The number of rotatable bonds is 11. The maximum Gasteiger partial charge on any atom is 0.263 e. The molecule has 38 heavy (non-hydrogen) atoms. The third kappa shape index (κ3) is 6.12. The zero-order valence-corrected chi connectivity index (χ0v) is 22.8. The third-order valence-electron chi connectivity index (χ3n) is 5.98. The molecular formula is C27H31N5O5S. The van der Waals surface area contributed by atoms with E-state index in [2.05, 4.69) is 25.2 Å². The van der Waals surface area contributed by atoms with Crippen LogP contribution in [0.5, 0.6) is 5.88 Å². The quantitative estimate of drug-likeness (QED) is 0.271. The summed E-state index contributed by atoms with van der Waals surface area (Å²) in [7, 11) is -2.40. The largest absolute Gasteiger partial charge is 0.481 e. The zero-order valence-electron chi connectivity index (χ0n) is 22.0. The predicted molar refractivity (Wildman–Crippen MR) is 145 cm³/mol.